The van der Waals surface area contributed by atoms with E-state index in [0.29, 0.717) is 5.57 Å². The van der Waals surface area contributed by atoms with E-state index >= 15 is 0 Å². The molecule has 2 aromatic carbocycles. The van der Waals surface area contributed by atoms with Crippen LogP contribution in [0.15, 0.2) is 54.6 Å². The van der Waals surface area contributed by atoms with Crippen molar-refractivity contribution in [3.8, 4) is 11.1 Å². The quantitative estimate of drug-likeness (QED) is 0.579. The van der Waals surface area contributed by atoms with Crippen LogP contribution >= 0.6 is 11.6 Å². The number of aldehydes is 1. The van der Waals surface area contributed by atoms with Gasteiger partial charge in [0.1, 0.15) is 6.29 Å². The molecule has 0 aliphatic rings. The summed E-state index contributed by atoms with van der Waals surface area (Å²) in [7, 11) is 0. The molecule has 0 saturated heterocycles. The number of hydrogen-bond acceptors (Lipinski definition) is 1. The highest BCUT2D eigenvalue weighted by Crippen LogP contribution is 2.24. The second kappa shape index (κ2) is 5.65. The normalized spacial score (nSPS) is 11.3. The highest BCUT2D eigenvalue weighted by atomic mass is 35.5. The molecule has 18 heavy (non-hydrogen) atoms. The van der Waals surface area contributed by atoms with Crippen LogP contribution in [0.2, 0.25) is 5.02 Å². The number of benzene rings is 2. The predicted octanol–water partition coefficient (Wildman–Crippen LogP) is 4.61. The standard InChI is InChI=1S/C16H13ClO/c1-2-12(11-18)14-4-3-5-15(10-14)13-6-8-16(17)9-7-13/h2-11H,1H3. The number of halogens is 1. The molecule has 0 spiro atoms. The fraction of sp³-hybridized carbons (Fsp3) is 0.0625. The molecule has 2 heteroatoms. The topological polar surface area (TPSA) is 17.1 Å². The van der Waals surface area contributed by atoms with E-state index < -0.39 is 0 Å². The number of rotatable bonds is 3. The lowest BCUT2D eigenvalue weighted by molar-refractivity contribution is -0.103. The monoisotopic (exact) mass is 256 g/mol. The van der Waals surface area contributed by atoms with E-state index in [2.05, 4.69) is 0 Å². The molecule has 0 aliphatic carbocycles. The van der Waals surface area contributed by atoms with E-state index in [0.717, 1.165) is 28.0 Å². The average molecular weight is 257 g/mol. The summed E-state index contributed by atoms with van der Waals surface area (Å²) >= 11 is 5.87. The van der Waals surface area contributed by atoms with Crippen LogP contribution in [0.1, 0.15) is 12.5 Å². The summed E-state index contributed by atoms with van der Waals surface area (Å²) in [5, 5.41) is 0.719. The minimum Gasteiger partial charge on any atom is -0.298 e. The summed E-state index contributed by atoms with van der Waals surface area (Å²) in [5.41, 5.74) is 3.79. The van der Waals surface area contributed by atoms with Crippen LogP contribution in [0, 0.1) is 0 Å². The molecule has 0 N–H and O–H groups in total. The lowest BCUT2D eigenvalue weighted by Crippen LogP contribution is -1.86. The number of carbonyl (C=O) groups is 1. The van der Waals surface area contributed by atoms with E-state index in [1.165, 1.54) is 0 Å². The fourth-order valence-corrected chi connectivity index (χ4v) is 1.95. The second-order valence-corrected chi connectivity index (χ2v) is 4.39. The first-order valence-corrected chi connectivity index (χ1v) is 6.10. The molecule has 0 saturated carbocycles. The van der Waals surface area contributed by atoms with E-state index in [1.807, 2.05) is 61.5 Å². The van der Waals surface area contributed by atoms with E-state index in [1.54, 1.807) is 0 Å². The van der Waals surface area contributed by atoms with Gasteiger partial charge >= 0.3 is 0 Å². The van der Waals surface area contributed by atoms with Gasteiger partial charge in [-0.05, 0) is 41.8 Å². The molecule has 1 nitrogen and oxygen atoms in total. The van der Waals surface area contributed by atoms with Gasteiger partial charge in [0.25, 0.3) is 0 Å². The zero-order chi connectivity index (χ0) is 13.0. The van der Waals surface area contributed by atoms with Gasteiger partial charge in [-0.3, -0.25) is 4.79 Å². The van der Waals surface area contributed by atoms with Crippen molar-refractivity contribution < 1.29 is 4.79 Å². The maximum atomic E-state index is 10.9. The van der Waals surface area contributed by atoms with Gasteiger partial charge in [0.15, 0.2) is 0 Å². The first-order valence-electron chi connectivity index (χ1n) is 5.72. The molecule has 0 heterocycles. The molecule has 2 aromatic rings. The molecular formula is C16H13ClO. The van der Waals surface area contributed by atoms with Crippen LogP contribution in [0.4, 0.5) is 0 Å². The summed E-state index contributed by atoms with van der Waals surface area (Å²) in [5.74, 6) is 0. The molecule has 0 fully saturated rings. The van der Waals surface area contributed by atoms with Gasteiger partial charge < -0.3 is 0 Å². The fourth-order valence-electron chi connectivity index (χ4n) is 1.82. The second-order valence-electron chi connectivity index (χ2n) is 3.95. The summed E-state index contributed by atoms with van der Waals surface area (Å²) in [4.78, 5) is 10.9. The minimum absolute atomic E-state index is 0.700. The van der Waals surface area contributed by atoms with Gasteiger partial charge in [0.2, 0.25) is 0 Å². The van der Waals surface area contributed by atoms with Crippen molar-refractivity contribution in [2.45, 2.75) is 6.92 Å². The Morgan fingerprint density at radius 3 is 2.39 bits per heavy atom. The Bertz CT molecular complexity index is 582. The summed E-state index contributed by atoms with van der Waals surface area (Å²) in [6, 6.07) is 15.6. The lowest BCUT2D eigenvalue weighted by Gasteiger charge is -2.05. The Morgan fingerprint density at radius 1 is 1.06 bits per heavy atom. The predicted molar refractivity (Wildman–Crippen MR) is 76.6 cm³/mol. The highest BCUT2D eigenvalue weighted by Gasteiger charge is 2.02. The van der Waals surface area contributed by atoms with Crippen LogP contribution in [-0.4, -0.2) is 6.29 Å². The third kappa shape index (κ3) is 2.69. The maximum absolute atomic E-state index is 10.9. The Morgan fingerprint density at radius 2 is 1.78 bits per heavy atom. The van der Waals surface area contributed by atoms with Gasteiger partial charge in [0.05, 0.1) is 0 Å². The zero-order valence-corrected chi connectivity index (χ0v) is 10.8. The Kier molecular flexibility index (Phi) is 3.96. The number of allylic oxidation sites excluding steroid dienone is 2. The van der Waals surface area contributed by atoms with Gasteiger partial charge in [-0.2, -0.15) is 0 Å². The first kappa shape index (κ1) is 12.6. The van der Waals surface area contributed by atoms with Crippen molar-refractivity contribution in [1.29, 1.82) is 0 Å². The minimum atomic E-state index is 0.700. The lowest BCUT2D eigenvalue weighted by atomic mass is 9.99. The molecular weight excluding hydrogens is 244 g/mol. The van der Waals surface area contributed by atoms with Crippen LogP contribution in [0.25, 0.3) is 16.7 Å². The molecule has 0 amide bonds. The Hall–Kier alpha value is -1.86. The molecule has 0 aromatic heterocycles. The summed E-state index contributed by atoms with van der Waals surface area (Å²) in [6.07, 6.45) is 2.69. The third-order valence-corrected chi connectivity index (χ3v) is 3.06. The SMILES string of the molecule is CC=C(C=O)c1cccc(-c2ccc(Cl)cc2)c1. The van der Waals surface area contributed by atoms with Crippen LogP contribution in [0.3, 0.4) is 0 Å². The van der Waals surface area contributed by atoms with Gasteiger partial charge in [-0.1, -0.05) is 48.0 Å². The number of hydrogen-bond donors (Lipinski definition) is 0. The molecule has 0 radical (unpaired) electrons. The third-order valence-electron chi connectivity index (χ3n) is 2.81. The van der Waals surface area contributed by atoms with Crippen molar-refractivity contribution in [2.75, 3.05) is 0 Å². The van der Waals surface area contributed by atoms with Crippen molar-refractivity contribution in [3.63, 3.8) is 0 Å². The van der Waals surface area contributed by atoms with Crippen LogP contribution < -0.4 is 0 Å². The Balaban J connectivity index is 2.44. The van der Waals surface area contributed by atoms with Crippen molar-refractivity contribution in [3.05, 3.63) is 65.2 Å². The van der Waals surface area contributed by atoms with E-state index in [4.69, 9.17) is 11.6 Å². The van der Waals surface area contributed by atoms with Crippen molar-refractivity contribution >= 4 is 23.5 Å². The van der Waals surface area contributed by atoms with Gasteiger partial charge in [-0.25, -0.2) is 0 Å². The van der Waals surface area contributed by atoms with E-state index in [-0.39, 0.29) is 0 Å². The first-order chi connectivity index (χ1) is 8.74. The molecule has 0 unspecified atom stereocenters. The van der Waals surface area contributed by atoms with Crippen molar-refractivity contribution in [2.24, 2.45) is 0 Å². The molecule has 2 rings (SSSR count). The Labute approximate surface area is 112 Å². The molecule has 0 atom stereocenters. The smallest absolute Gasteiger partial charge is 0.150 e. The summed E-state index contributed by atoms with van der Waals surface area (Å²) in [6.45, 7) is 1.86. The molecule has 90 valence electrons. The zero-order valence-electron chi connectivity index (χ0n) is 10.1. The van der Waals surface area contributed by atoms with Gasteiger partial charge in [0, 0.05) is 10.6 Å². The van der Waals surface area contributed by atoms with E-state index in [9.17, 15) is 4.79 Å². The average Bonchev–Trinajstić information content (AvgIpc) is 2.41. The van der Waals surface area contributed by atoms with Gasteiger partial charge in [-0.15, -0.1) is 0 Å². The summed E-state index contributed by atoms with van der Waals surface area (Å²) < 4.78 is 0. The number of carbonyl (C=O) groups excluding carboxylic acids is 1. The van der Waals surface area contributed by atoms with Crippen LogP contribution in [-0.2, 0) is 4.79 Å². The van der Waals surface area contributed by atoms with Crippen molar-refractivity contribution in [1.82, 2.24) is 0 Å². The molecule has 0 bridgehead atoms. The van der Waals surface area contributed by atoms with Crippen LogP contribution in [0.5, 0.6) is 0 Å². The highest BCUT2D eigenvalue weighted by molar-refractivity contribution is 6.30. The largest absolute Gasteiger partial charge is 0.298 e. The maximum Gasteiger partial charge on any atom is 0.150 e. The molecule has 0 aliphatic heterocycles.